The van der Waals surface area contributed by atoms with E-state index in [-0.39, 0.29) is 5.88 Å². The number of nitrogens with zero attached hydrogens (tertiary/aromatic N) is 2. The van der Waals surface area contributed by atoms with Crippen LogP contribution in [0.1, 0.15) is 43.7 Å². The molecule has 0 aliphatic rings. The van der Waals surface area contributed by atoms with Gasteiger partial charge in [-0.2, -0.15) is 5.26 Å². The third-order valence-corrected chi connectivity index (χ3v) is 4.81. The van der Waals surface area contributed by atoms with Crippen molar-refractivity contribution in [2.24, 2.45) is 0 Å². The summed E-state index contributed by atoms with van der Waals surface area (Å²) in [6, 6.07) is 17.4. The smallest absolute Gasteiger partial charge is 0.341 e. The van der Waals surface area contributed by atoms with E-state index in [0.717, 1.165) is 34.9 Å². The Morgan fingerprint density at radius 1 is 1.14 bits per heavy atom. The normalized spacial score (nSPS) is 10.6. The number of hydrogen-bond acceptors (Lipinski definition) is 4. The number of aryl methyl sites for hydroxylation is 1. The molecule has 1 heterocycles. The fraction of sp³-hybridized carbons (Fsp3) is 0.292. The lowest BCUT2D eigenvalue weighted by atomic mass is 9.97. The van der Waals surface area contributed by atoms with Crippen molar-refractivity contribution in [1.82, 2.24) is 4.98 Å². The molecule has 0 amide bonds. The summed E-state index contributed by atoms with van der Waals surface area (Å²) in [5, 5.41) is 19.1. The number of pyridine rings is 1. The fourth-order valence-corrected chi connectivity index (χ4v) is 3.36. The monoisotopic (exact) mass is 388 g/mol. The van der Waals surface area contributed by atoms with Gasteiger partial charge in [-0.3, -0.25) is 0 Å². The largest absolute Gasteiger partial charge is 0.479 e. The molecule has 0 saturated carbocycles. The Hall–Kier alpha value is -3.39. The molecule has 5 nitrogen and oxygen atoms in total. The van der Waals surface area contributed by atoms with Gasteiger partial charge in [0, 0.05) is 11.5 Å². The lowest BCUT2D eigenvalue weighted by Gasteiger charge is -2.12. The van der Waals surface area contributed by atoms with Gasteiger partial charge in [0.1, 0.15) is 0 Å². The number of aliphatic carboxylic acids is 1. The number of hydrogen-bond donors (Lipinski definition) is 1. The highest BCUT2D eigenvalue weighted by molar-refractivity contribution is 5.95. The predicted molar refractivity (Wildman–Crippen MR) is 113 cm³/mol. The quantitative estimate of drug-likeness (QED) is 0.499. The Labute approximate surface area is 170 Å². The second-order valence-corrected chi connectivity index (χ2v) is 7.05. The molecule has 0 radical (unpaired) electrons. The van der Waals surface area contributed by atoms with Gasteiger partial charge in [0.2, 0.25) is 5.88 Å². The molecule has 148 valence electrons. The zero-order chi connectivity index (χ0) is 20.6. The zero-order valence-electron chi connectivity index (χ0n) is 16.5. The molecule has 2 aromatic carbocycles. The van der Waals surface area contributed by atoms with Crippen molar-refractivity contribution in [3.05, 3.63) is 59.7 Å². The summed E-state index contributed by atoms with van der Waals surface area (Å²) < 4.78 is 5.34. The lowest BCUT2D eigenvalue weighted by molar-refractivity contribution is -0.139. The molecule has 1 N–H and O–H groups in total. The maximum Gasteiger partial charge on any atom is 0.341 e. The molecule has 0 aliphatic carbocycles. The van der Waals surface area contributed by atoms with Crippen LogP contribution in [0.3, 0.4) is 0 Å². The van der Waals surface area contributed by atoms with Gasteiger partial charge in [-0.25, -0.2) is 9.78 Å². The van der Waals surface area contributed by atoms with Crippen LogP contribution >= 0.6 is 0 Å². The van der Waals surface area contributed by atoms with Crippen LogP contribution in [0.25, 0.3) is 22.0 Å². The highest BCUT2D eigenvalue weighted by Gasteiger charge is 2.12. The maximum atomic E-state index is 10.9. The topological polar surface area (TPSA) is 83.2 Å². The van der Waals surface area contributed by atoms with Gasteiger partial charge in [-0.15, -0.1) is 0 Å². The highest BCUT2D eigenvalue weighted by Crippen LogP contribution is 2.32. The number of unbranched alkanes of at least 4 members (excludes halogenated alkanes) is 3. The first kappa shape index (κ1) is 20.3. The van der Waals surface area contributed by atoms with Crippen molar-refractivity contribution >= 4 is 16.9 Å². The van der Waals surface area contributed by atoms with Gasteiger partial charge in [-0.05, 0) is 53.8 Å². The molecule has 0 aliphatic heterocycles. The van der Waals surface area contributed by atoms with Crippen LogP contribution < -0.4 is 4.74 Å². The number of fused-ring (bicyclic) bond motifs is 1. The van der Waals surface area contributed by atoms with Crippen molar-refractivity contribution in [2.75, 3.05) is 6.61 Å². The average molecular weight is 388 g/mol. The molecule has 0 unspecified atom stereocenters. The van der Waals surface area contributed by atoms with Crippen LogP contribution in [0.2, 0.25) is 0 Å². The van der Waals surface area contributed by atoms with Crippen LogP contribution in [0.4, 0.5) is 0 Å². The molecule has 5 heteroatoms. The molecule has 0 spiro atoms. The standard InChI is InChI=1S/C24H24N2O3/c1-2-3-4-5-7-17-10-11-22-21(13-17)20(14-23(26-22)29-16-24(27)28)19-9-6-8-18(12-19)15-25/h6,8-14H,2-5,7,16H2,1H3,(H,27,28). The number of nitriles is 1. The maximum absolute atomic E-state index is 10.9. The van der Waals surface area contributed by atoms with E-state index >= 15 is 0 Å². The Morgan fingerprint density at radius 2 is 2.00 bits per heavy atom. The third kappa shape index (κ3) is 5.32. The van der Waals surface area contributed by atoms with Crippen molar-refractivity contribution < 1.29 is 14.6 Å². The van der Waals surface area contributed by atoms with Crippen molar-refractivity contribution in [2.45, 2.75) is 39.0 Å². The predicted octanol–water partition coefficient (Wildman–Crippen LogP) is 5.36. The number of ether oxygens (including phenoxy) is 1. The van der Waals surface area contributed by atoms with Gasteiger partial charge in [0.15, 0.2) is 6.61 Å². The van der Waals surface area contributed by atoms with Crippen LogP contribution in [-0.2, 0) is 11.2 Å². The molecular formula is C24H24N2O3. The summed E-state index contributed by atoms with van der Waals surface area (Å²) in [4.78, 5) is 15.4. The molecule has 0 bridgehead atoms. The Bertz CT molecular complexity index is 1050. The van der Waals surface area contributed by atoms with Crippen molar-refractivity contribution in [1.29, 1.82) is 5.26 Å². The number of carboxylic acids is 1. The Kier molecular flexibility index (Phi) is 6.80. The Morgan fingerprint density at radius 3 is 2.76 bits per heavy atom. The van der Waals surface area contributed by atoms with Gasteiger partial charge >= 0.3 is 5.97 Å². The van der Waals surface area contributed by atoms with Crippen LogP contribution in [0, 0.1) is 11.3 Å². The molecule has 1 aromatic heterocycles. The first-order chi connectivity index (χ1) is 14.1. The fourth-order valence-electron chi connectivity index (χ4n) is 3.36. The molecule has 3 rings (SSSR count). The van der Waals surface area contributed by atoms with Crippen LogP contribution in [-0.4, -0.2) is 22.7 Å². The van der Waals surface area contributed by atoms with E-state index in [9.17, 15) is 10.1 Å². The second-order valence-electron chi connectivity index (χ2n) is 7.05. The number of carboxylic acid groups (broad SMARTS) is 1. The van der Waals surface area contributed by atoms with E-state index in [0.29, 0.717) is 5.56 Å². The van der Waals surface area contributed by atoms with Crippen molar-refractivity contribution in [3.8, 4) is 23.1 Å². The minimum Gasteiger partial charge on any atom is -0.479 e. The van der Waals surface area contributed by atoms with Gasteiger partial charge in [0.25, 0.3) is 0 Å². The van der Waals surface area contributed by atoms with Gasteiger partial charge < -0.3 is 9.84 Å². The van der Waals surface area contributed by atoms with Gasteiger partial charge in [-0.1, -0.05) is 44.4 Å². The summed E-state index contributed by atoms with van der Waals surface area (Å²) in [6.07, 6.45) is 5.81. The summed E-state index contributed by atoms with van der Waals surface area (Å²) >= 11 is 0. The van der Waals surface area contributed by atoms with E-state index in [4.69, 9.17) is 9.84 Å². The first-order valence-corrected chi connectivity index (χ1v) is 9.89. The van der Waals surface area contributed by atoms with E-state index in [1.165, 1.54) is 24.8 Å². The molecule has 3 aromatic rings. The summed E-state index contributed by atoms with van der Waals surface area (Å²) in [7, 11) is 0. The van der Waals surface area contributed by atoms with Crippen LogP contribution in [0.5, 0.6) is 5.88 Å². The SMILES string of the molecule is CCCCCCc1ccc2nc(OCC(=O)O)cc(-c3cccc(C#N)c3)c2c1. The van der Waals surface area contributed by atoms with E-state index in [2.05, 4.69) is 30.1 Å². The number of carbonyl (C=O) groups is 1. The molecule has 0 fully saturated rings. The third-order valence-electron chi connectivity index (χ3n) is 4.81. The average Bonchev–Trinajstić information content (AvgIpc) is 2.74. The number of benzene rings is 2. The van der Waals surface area contributed by atoms with E-state index in [1.54, 1.807) is 12.1 Å². The number of aromatic nitrogens is 1. The Balaban J connectivity index is 2.04. The lowest BCUT2D eigenvalue weighted by Crippen LogP contribution is -2.10. The number of rotatable bonds is 9. The summed E-state index contributed by atoms with van der Waals surface area (Å²) in [6.45, 7) is 1.75. The molecular weight excluding hydrogens is 364 g/mol. The molecule has 0 saturated heterocycles. The molecule has 0 atom stereocenters. The zero-order valence-corrected chi connectivity index (χ0v) is 16.5. The van der Waals surface area contributed by atoms with E-state index in [1.807, 2.05) is 24.3 Å². The summed E-state index contributed by atoms with van der Waals surface area (Å²) in [5.41, 5.74) is 4.30. The van der Waals surface area contributed by atoms with Crippen molar-refractivity contribution in [3.63, 3.8) is 0 Å². The summed E-state index contributed by atoms with van der Waals surface area (Å²) in [5.74, 6) is -0.796. The minimum atomic E-state index is -1.05. The molecule has 29 heavy (non-hydrogen) atoms. The minimum absolute atomic E-state index is 0.257. The highest BCUT2D eigenvalue weighted by atomic mass is 16.5. The van der Waals surface area contributed by atoms with E-state index < -0.39 is 12.6 Å². The van der Waals surface area contributed by atoms with Gasteiger partial charge in [0.05, 0.1) is 17.1 Å². The first-order valence-electron chi connectivity index (χ1n) is 9.89. The second kappa shape index (κ2) is 9.70. The van der Waals surface area contributed by atoms with Crippen LogP contribution in [0.15, 0.2) is 48.5 Å².